The molecule has 0 radical (unpaired) electrons. The van der Waals surface area contributed by atoms with Crippen LogP contribution < -0.4 is 10.1 Å². The molecule has 21 heavy (non-hydrogen) atoms. The van der Waals surface area contributed by atoms with Crippen LogP contribution in [0, 0.1) is 10.1 Å². The van der Waals surface area contributed by atoms with Crippen LogP contribution >= 0.6 is 0 Å². The molecule has 0 bridgehead atoms. The molecule has 9 heteroatoms. The van der Waals surface area contributed by atoms with E-state index < -0.39 is 41.9 Å². The largest absolute Gasteiger partial charge is 0.490 e. The maximum atomic E-state index is 12.0. The van der Waals surface area contributed by atoms with Crippen LogP contribution in [0.4, 0.5) is 5.69 Å². The minimum absolute atomic E-state index is 0.00529. The van der Waals surface area contributed by atoms with Gasteiger partial charge in [0, 0.05) is 11.6 Å². The molecule has 0 fully saturated rings. The Balaban J connectivity index is 3.08. The Kier molecular flexibility index (Phi) is 5.59. The first-order valence-corrected chi connectivity index (χ1v) is 5.90. The number of nitro groups is 1. The Bertz CT molecular complexity index is 520. The van der Waals surface area contributed by atoms with Gasteiger partial charge in [-0.2, -0.15) is 0 Å². The van der Waals surface area contributed by atoms with Gasteiger partial charge in [0.05, 0.1) is 31.9 Å². The summed E-state index contributed by atoms with van der Waals surface area (Å²) in [4.78, 5) is 22.2. The molecule has 4 N–H and O–H groups in total. The van der Waals surface area contributed by atoms with Crippen LogP contribution in [0.5, 0.6) is 5.75 Å². The van der Waals surface area contributed by atoms with Gasteiger partial charge in [0.2, 0.25) is 0 Å². The summed E-state index contributed by atoms with van der Waals surface area (Å²) in [5.41, 5.74) is -2.07. The second-order valence-corrected chi connectivity index (χ2v) is 4.35. The maximum Gasteiger partial charge on any atom is 0.311 e. The number of amides is 1. The number of nitrogens with zero attached hydrogens (tertiary/aromatic N) is 1. The van der Waals surface area contributed by atoms with Gasteiger partial charge in [0.25, 0.3) is 5.91 Å². The molecule has 0 heterocycles. The summed E-state index contributed by atoms with van der Waals surface area (Å²) in [7, 11) is 1.26. The number of rotatable bonds is 7. The van der Waals surface area contributed by atoms with Crippen LogP contribution in [0.3, 0.4) is 0 Å². The molecule has 0 saturated carbocycles. The van der Waals surface area contributed by atoms with Gasteiger partial charge in [-0.1, -0.05) is 0 Å². The topological polar surface area (TPSA) is 142 Å². The van der Waals surface area contributed by atoms with E-state index in [1.807, 2.05) is 0 Å². The van der Waals surface area contributed by atoms with Gasteiger partial charge in [-0.15, -0.1) is 0 Å². The van der Waals surface area contributed by atoms with Gasteiger partial charge in [-0.05, 0) is 12.1 Å². The number of aliphatic hydroxyl groups is 3. The minimum atomic E-state index is -1.61. The summed E-state index contributed by atoms with van der Waals surface area (Å²) in [6, 6.07) is 3.55. The minimum Gasteiger partial charge on any atom is -0.490 e. The molecule has 1 aromatic rings. The van der Waals surface area contributed by atoms with Gasteiger partial charge in [0.15, 0.2) is 5.75 Å². The van der Waals surface area contributed by atoms with Crippen LogP contribution in [0.15, 0.2) is 18.2 Å². The van der Waals surface area contributed by atoms with Crippen molar-refractivity contribution in [3.8, 4) is 5.75 Å². The molecular weight excluding hydrogens is 284 g/mol. The second-order valence-electron chi connectivity index (χ2n) is 4.35. The van der Waals surface area contributed by atoms with Crippen LogP contribution in [0.1, 0.15) is 10.4 Å². The molecule has 0 unspecified atom stereocenters. The third-order valence-corrected chi connectivity index (χ3v) is 2.92. The monoisotopic (exact) mass is 300 g/mol. The van der Waals surface area contributed by atoms with E-state index in [1.165, 1.54) is 19.2 Å². The van der Waals surface area contributed by atoms with Crippen molar-refractivity contribution < 1.29 is 29.8 Å². The molecule has 1 aromatic carbocycles. The molecule has 0 aliphatic rings. The number of nitrogens with one attached hydrogen (secondary N) is 1. The van der Waals surface area contributed by atoms with Crippen molar-refractivity contribution in [3.63, 3.8) is 0 Å². The summed E-state index contributed by atoms with van der Waals surface area (Å²) >= 11 is 0. The molecule has 9 nitrogen and oxygen atoms in total. The molecule has 0 aliphatic carbocycles. The van der Waals surface area contributed by atoms with Crippen molar-refractivity contribution >= 4 is 11.6 Å². The lowest BCUT2D eigenvalue weighted by atomic mass is 10.0. The van der Waals surface area contributed by atoms with Gasteiger partial charge >= 0.3 is 5.69 Å². The smallest absolute Gasteiger partial charge is 0.311 e. The number of carbonyl (C=O) groups is 1. The first-order valence-electron chi connectivity index (χ1n) is 5.90. The average molecular weight is 300 g/mol. The fraction of sp³-hybridized carbons (Fsp3) is 0.417. The van der Waals surface area contributed by atoms with Gasteiger partial charge in [-0.25, -0.2) is 0 Å². The van der Waals surface area contributed by atoms with Crippen LogP contribution in [0.2, 0.25) is 0 Å². The third-order valence-electron chi connectivity index (χ3n) is 2.92. The Labute approximate surface area is 119 Å². The van der Waals surface area contributed by atoms with E-state index in [0.29, 0.717) is 0 Å². The highest BCUT2D eigenvalue weighted by atomic mass is 16.6. The van der Waals surface area contributed by atoms with E-state index in [2.05, 4.69) is 5.32 Å². The Morgan fingerprint density at radius 2 is 1.90 bits per heavy atom. The van der Waals surface area contributed by atoms with Crippen molar-refractivity contribution in [2.24, 2.45) is 0 Å². The summed E-state index contributed by atoms with van der Waals surface area (Å²) in [6.07, 6.45) is 0. The van der Waals surface area contributed by atoms with E-state index >= 15 is 0 Å². The number of hydrogen-bond donors (Lipinski definition) is 4. The van der Waals surface area contributed by atoms with Crippen molar-refractivity contribution in [2.75, 3.05) is 26.9 Å². The van der Waals surface area contributed by atoms with Crippen LogP contribution in [0.25, 0.3) is 0 Å². The standard InChI is InChI=1S/C12H16N2O7/c1-21-10-3-2-8(4-9(10)14(19)20)11(18)13-12(5-15,6-16)7-17/h2-4,15-17H,5-7H2,1H3,(H,13,18). The fourth-order valence-corrected chi connectivity index (χ4v) is 1.56. The van der Waals surface area contributed by atoms with E-state index in [-0.39, 0.29) is 11.3 Å². The predicted molar refractivity (Wildman–Crippen MR) is 71.1 cm³/mol. The molecule has 1 rings (SSSR count). The number of benzene rings is 1. The van der Waals surface area contributed by atoms with E-state index in [4.69, 9.17) is 20.1 Å². The zero-order chi connectivity index (χ0) is 16.0. The quantitative estimate of drug-likeness (QED) is 0.375. The van der Waals surface area contributed by atoms with Crippen LogP contribution in [-0.2, 0) is 0 Å². The van der Waals surface area contributed by atoms with E-state index in [9.17, 15) is 14.9 Å². The van der Waals surface area contributed by atoms with Crippen molar-refractivity contribution in [3.05, 3.63) is 33.9 Å². The molecule has 1 amide bonds. The molecule has 0 spiro atoms. The maximum absolute atomic E-state index is 12.0. The molecule has 0 aromatic heterocycles. The number of aliphatic hydroxyl groups excluding tert-OH is 3. The third kappa shape index (κ3) is 3.66. The fourth-order valence-electron chi connectivity index (χ4n) is 1.56. The number of hydrogen-bond acceptors (Lipinski definition) is 7. The predicted octanol–water partition coefficient (Wildman–Crippen LogP) is -0.951. The second kappa shape index (κ2) is 6.97. The first kappa shape index (κ1) is 16.8. The summed E-state index contributed by atoms with van der Waals surface area (Å²) < 4.78 is 4.81. The lowest BCUT2D eigenvalue weighted by molar-refractivity contribution is -0.385. The van der Waals surface area contributed by atoms with Gasteiger partial charge in [0.1, 0.15) is 5.54 Å². The van der Waals surface area contributed by atoms with E-state index in [0.717, 1.165) is 6.07 Å². The number of nitro benzene ring substituents is 1. The lowest BCUT2D eigenvalue weighted by Gasteiger charge is -2.28. The lowest BCUT2D eigenvalue weighted by Crippen LogP contribution is -2.57. The molecule has 0 atom stereocenters. The number of methoxy groups -OCH3 is 1. The zero-order valence-electron chi connectivity index (χ0n) is 11.3. The average Bonchev–Trinajstić information content (AvgIpc) is 2.51. The molecule has 0 aliphatic heterocycles. The Morgan fingerprint density at radius 3 is 2.33 bits per heavy atom. The summed E-state index contributed by atoms with van der Waals surface area (Å²) in [5.74, 6) is -0.785. The van der Waals surface area contributed by atoms with Crippen LogP contribution in [-0.4, -0.2) is 58.6 Å². The normalized spacial score (nSPS) is 11.0. The summed E-state index contributed by atoms with van der Waals surface area (Å²) in [6.45, 7) is -2.07. The van der Waals surface area contributed by atoms with Gasteiger partial charge in [-0.3, -0.25) is 14.9 Å². The van der Waals surface area contributed by atoms with Gasteiger partial charge < -0.3 is 25.4 Å². The summed E-state index contributed by atoms with van der Waals surface area (Å²) in [5, 5.41) is 40.5. The highest BCUT2D eigenvalue weighted by molar-refractivity contribution is 5.95. The number of carbonyl (C=O) groups excluding carboxylic acids is 1. The molecule has 116 valence electrons. The Hall–Kier alpha value is -2.23. The van der Waals surface area contributed by atoms with Crippen molar-refractivity contribution in [1.29, 1.82) is 0 Å². The van der Waals surface area contributed by atoms with Crippen molar-refractivity contribution in [2.45, 2.75) is 5.54 Å². The highest BCUT2D eigenvalue weighted by Crippen LogP contribution is 2.27. The number of ether oxygens (including phenoxy) is 1. The highest BCUT2D eigenvalue weighted by Gasteiger charge is 2.31. The SMILES string of the molecule is COc1ccc(C(=O)NC(CO)(CO)CO)cc1[N+](=O)[O-]. The van der Waals surface area contributed by atoms with Crippen molar-refractivity contribution in [1.82, 2.24) is 5.32 Å². The Morgan fingerprint density at radius 1 is 1.33 bits per heavy atom. The first-order chi connectivity index (χ1) is 9.92. The molecule has 0 saturated heterocycles. The zero-order valence-corrected chi connectivity index (χ0v) is 11.3. The van der Waals surface area contributed by atoms with E-state index in [1.54, 1.807) is 0 Å². The molecular formula is C12H16N2O7.